The Labute approximate surface area is 108 Å². The van der Waals surface area contributed by atoms with Crippen LogP contribution < -0.4 is 11.1 Å². The Bertz CT molecular complexity index is 451. The maximum atomic E-state index is 12.2. The molecule has 4 heteroatoms. The number of carbonyl (C=O) groups excluding carboxylic acids is 1. The molecule has 1 aliphatic heterocycles. The number of carbonyl (C=O) groups is 1. The van der Waals surface area contributed by atoms with E-state index < -0.39 is 0 Å². The summed E-state index contributed by atoms with van der Waals surface area (Å²) < 4.78 is 5.26. The van der Waals surface area contributed by atoms with Gasteiger partial charge >= 0.3 is 0 Å². The maximum Gasteiger partial charge on any atom is 0.227 e. The van der Waals surface area contributed by atoms with Crippen LogP contribution in [-0.4, -0.2) is 19.1 Å². The summed E-state index contributed by atoms with van der Waals surface area (Å²) in [5.41, 5.74) is 9.48. The lowest BCUT2D eigenvalue weighted by Crippen LogP contribution is -2.29. The molecule has 1 heterocycles. The number of nitrogen functional groups attached to an aromatic ring is 1. The highest BCUT2D eigenvalue weighted by Crippen LogP contribution is 2.27. The average Bonchev–Trinajstić information content (AvgIpc) is 2.40. The number of amides is 1. The van der Waals surface area contributed by atoms with Gasteiger partial charge in [0.05, 0.1) is 11.4 Å². The Morgan fingerprint density at radius 1 is 1.33 bits per heavy atom. The first-order valence-electron chi connectivity index (χ1n) is 6.34. The monoisotopic (exact) mass is 248 g/mol. The number of benzene rings is 1. The fourth-order valence-electron chi connectivity index (χ4n) is 2.19. The zero-order chi connectivity index (χ0) is 13.1. The van der Waals surface area contributed by atoms with Gasteiger partial charge in [0, 0.05) is 19.1 Å². The molecule has 1 aromatic carbocycles. The van der Waals surface area contributed by atoms with Gasteiger partial charge in [-0.2, -0.15) is 0 Å². The fraction of sp³-hybridized carbons (Fsp3) is 0.500. The molecule has 98 valence electrons. The molecule has 4 nitrogen and oxygen atoms in total. The smallest absolute Gasteiger partial charge is 0.227 e. The number of aryl methyl sites for hydroxylation is 1. The molecule has 0 spiro atoms. The molecule has 18 heavy (non-hydrogen) atoms. The van der Waals surface area contributed by atoms with E-state index in [-0.39, 0.29) is 11.8 Å². The van der Waals surface area contributed by atoms with Crippen molar-refractivity contribution in [2.24, 2.45) is 5.92 Å². The van der Waals surface area contributed by atoms with Gasteiger partial charge in [0.25, 0.3) is 0 Å². The molecule has 2 rings (SSSR count). The third kappa shape index (κ3) is 2.64. The SMILES string of the molecule is Cc1ccc(N)c(NC(=O)C2CCOCC2)c1C. The zero-order valence-electron chi connectivity index (χ0n) is 11.0. The fourth-order valence-corrected chi connectivity index (χ4v) is 2.19. The van der Waals surface area contributed by atoms with E-state index in [9.17, 15) is 4.79 Å². The highest BCUT2D eigenvalue weighted by molar-refractivity contribution is 5.96. The first-order valence-corrected chi connectivity index (χ1v) is 6.34. The molecule has 1 aromatic rings. The van der Waals surface area contributed by atoms with Crippen LogP contribution >= 0.6 is 0 Å². The second-order valence-electron chi connectivity index (χ2n) is 4.85. The van der Waals surface area contributed by atoms with Gasteiger partial charge in [-0.25, -0.2) is 0 Å². The number of hydrogen-bond acceptors (Lipinski definition) is 3. The summed E-state index contributed by atoms with van der Waals surface area (Å²) in [6.45, 7) is 5.32. The van der Waals surface area contributed by atoms with Gasteiger partial charge in [-0.1, -0.05) is 6.07 Å². The summed E-state index contributed by atoms with van der Waals surface area (Å²) in [6.07, 6.45) is 1.58. The van der Waals surface area contributed by atoms with Gasteiger partial charge in [-0.05, 0) is 43.9 Å². The van der Waals surface area contributed by atoms with E-state index in [2.05, 4.69) is 5.32 Å². The minimum absolute atomic E-state index is 0.0399. The minimum Gasteiger partial charge on any atom is -0.397 e. The highest BCUT2D eigenvalue weighted by atomic mass is 16.5. The molecule has 1 amide bonds. The quantitative estimate of drug-likeness (QED) is 0.789. The summed E-state index contributed by atoms with van der Waals surface area (Å²) >= 11 is 0. The van der Waals surface area contributed by atoms with Crippen molar-refractivity contribution >= 4 is 17.3 Å². The first-order chi connectivity index (χ1) is 8.59. The summed E-state index contributed by atoms with van der Waals surface area (Å²) in [5, 5.41) is 2.97. The Balaban J connectivity index is 2.13. The number of nitrogens with two attached hydrogens (primary N) is 1. The third-order valence-corrected chi connectivity index (χ3v) is 3.61. The van der Waals surface area contributed by atoms with E-state index in [1.54, 1.807) is 0 Å². The normalized spacial score (nSPS) is 16.6. The molecule has 0 aliphatic carbocycles. The lowest BCUT2D eigenvalue weighted by Gasteiger charge is -2.22. The van der Waals surface area contributed by atoms with Gasteiger partial charge in [-0.15, -0.1) is 0 Å². The third-order valence-electron chi connectivity index (χ3n) is 3.61. The molecule has 3 N–H and O–H groups in total. The largest absolute Gasteiger partial charge is 0.397 e. The van der Waals surface area contributed by atoms with E-state index >= 15 is 0 Å². The van der Waals surface area contributed by atoms with Crippen molar-refractivity contribution in [2.45, 2.75) is 26.7 Å². The molecular weight excluding hydrogens is 228 g/mol. The van der Waals surface area contributed by atoms with Gasteiger partial charge in [0.2, 0.25) is 5.91 Å². The Morgan fingerprint density at radius 3 is 2.67 bits per heavy atom. The Kier molecular flexibility index (Phi) is 3.87. The Hall–Kier alpha value is -1.55. The molecule has 0 saturated carbocycles. The summed E-state index contributed by atoms with van der Waals surface area (Å²) in [6, 6.07) is 3.80. The number of nitrogens with one attached hydrogen (secondary N) is 1. The van der Waals surface area contributed by atoms with E-state index in [4.69, 9.17) is 10.5 Å². The van der Waals surface area contributed by atoms with Crippen LogP contribution in [0.3, 0.4) is 0 Å². The first kappa shape index (κ1) is 12.9. The molecular formula is C14H20N2O2. The maximum absolute atomic E-state index is 12.2. The van der Waals surface area contributed by atoms with Crippen molar-refractivity contribution in [1.82, 2.24) is 0 Å². The minimum atomic E-state index is 0.0399. The lowest BCUT2D eigenvalue weighted by atomic mass is 9.98. The second-order valence-corrected chi connectivity index (χ2v) is 4.85. The van der Waals surface area contributed by atoms with Crippen LogP contribution in [0.15, 0.2) is 12.1 Å². The van der Waals surface area contributed by atoms with Crippen LogP contribution in [0.5, 0.6) is 0 Å². The standard InChI is InChI=1S/C14H20N2O2/c1-9-3-4-12(15)13(10(9)2)16-14(17)11-5-7-18-8-6-11/h3-4,11H,5-8,15H2,1-2H3,(H,16,17). The van der Waals surface area contributed by atoms with E-state index in [0.717, 1.165) is 29.7 Å². The molecule has 0 unspecified atom stereocenters. The average molecular weight is 248 g/mol. The van der Waals surface area contributed by atoms with Crippen molar-refractivity contribution in [3.05, 3.63) is 23.3 Å². The highest BCUT2D eigenvalue weighted by Gasteiger charge is 2.22. The van der Waals surface area contributed by atoms with E-state index in [0.29, 0.717) is 18.9 Å². The van der Waals surface area contributed by atoms with Crippen LogP contribution in [0.25, 0.3) is 0 Å². The second kappa shape index (κ2) is 5.40. The number of ether oxygens (including phenoxy) is 1. The van der Waals surface area contributed by atoms with Gasteiger partial charge in [-0.3, -0.25) is 4.79 Å². The summed E-state index contributed by atoms with van der Waals surface area (Å²) in [5.74, 6) is 0.0942. The van der Waals surface area contributed by atoms with Crippen LogP contribution in [0.2, 0.25) is 0 Å². The van der Waals surface area contributed by atoms with Crippen LogP contribution in [-0.2, 0) is 9.53 Å². The van der Waals surface area contributed by atoms with E-state index in [1.807, 2.05) is 26.0 Å². The number of hydrogen-bond donors (Lipinski definition) is 2. The van der Waals surface area contributed by atoms with Crippen molar-refractivity contribution in [1.29, 1.82) is 0 Å². The zero-order valence-corrected chi connectivity index (χ0v) is 11.0. The topological polar surface area (TPSA) is 64.3 Å². The van der Waals surface area contributed by atoms with Gasteiger partial charge in [0.1, 0.15) is 0 Å². The van der Waals surface area contributed by atoms with Crippen molar-refractivity contribution in [3.63, 3.8) is 0 Å². The lowest BCUT2D eigenvalue weighted by molar-refractivity contribution is -0.122. The van der Waals surface area contributed by atoms with E-state index in [1.165, 1.54) is 0 Å². The molecule has 1 aliphatic rings. The molecule has 0 radical (unpaired) electrons. The van der Waals surface area contributed by atoms with Crippen LogP contribution in [0.4, 0.5) is 11.4 Å². The molecule has 1 fully saturated rings. The number of anilines is 2. The van der Waals surface area contributed by atoms with Gasteiger partial charge < -0.3 is 15.8 Å². The molecule has 0 atom stereocenters. The van der Waals surface area contributed by atoms with Crippen LogP contribution in [0, 0.1) is 19.8 Å². The molecule has 0 aromatic heterocycles. The van der Waals surface area contributed by atoms with Crippen molar-refractivity contribution in [3.8, 4) is 0 Å². The molecule has 1 saturated heterocycles. The van der Waals surface area contributed by atoms with Gasteiger partial charge in [0.15, 0.2) is 0 Å². The Morgan fingerprint density at radius 2 is 2.00 bits per heavy atom. The predicted molar refractivity (Wildman–Crippen MR) is 72.5 cm³/mol. The van der Waals surface area contributed by atoms with Crippen molar-refractivity contribution in [2.75, 3.05) is 24.3 Å². The van der Waals surface area contributed by atoms with Crippen molar-refractivity contribution < 1.29 is 9.53 Å². The summed E-state index contributed by atoms with van der Waals surface area (Å²) in [4.78, 5) is 12.2. The summed E-state index contributed by atoms with van der Waals surface area (Å²) in [7, 11) is 0. The molecule has 0 bridgehead atoms. The predicted octanol–water partition coefficient (Wildman–Crippen LogP) is 2.25. The number of rotatable bonds is 2. The van der Waals surface area contributed by atoms with Crippen LogP contribution in [0.1, 0.15) is 24.0 Å².